The van der Waals surface area contributed by atoms with Crippen LogP contribution in [0.4, 0.5) is 0 Å². The molecule has 0 spiro atoms. The summed E-state index contributed by atoms with van der Waals surface area (Å²) in [6, 6.07) is 0.257. The molecular formula is C9H19NO2. The van der Waals surface area contributed by atoms with Gasteiger partial charge in [-0.2, -0.15) is 0 Å². The molecule has 1 unspecified atom stereocenters. The summed E-state index contributed by atoms with van der Waals surface area (Å²) < 4.78 is 0. The van der Waals surface area contributed by atoms with Gasteiger partial charge in [0.25, 0.3) is 0 Å². The smallest absolute Gasteiger partial charge is 0.0587 e. The minimum atomic E-state index is 0.187. The summed E-state index contributed by atoms with van der Waals surface area (Å²) in [5.74, 6) is 0. The Balaban J connectivity index is 2.50. The number of hydrogen-bond acceptors (Lipinski definition) is 3. The molecule has 1 heterocycles. The fraction of sp³-hybridized carbons (Fsp3) is 1.00. The minimum absolute atomic E-state index is 0.187. The van der Waals surface area contributed by atoms with Gasteiger partial charge in [-0.05, 0) is 11.8 Å². The second kappa shape index (κ2) is 3.73. The molecule has 0 aliphatic carbocycles. The lowest BCUT2D eigenvalue weighted by Crippen LogP contribution is -2.34. The van der Waals surface area contributed by atoms with E-state index in [0.29, 0.717) is 12.0 Å². The van der Waals surface area contributed by atoms with Crippen molar-refractivity contribution in [2.45, 2.75) is 26.3 Å². The van der Waals surface area contributed by atoms with E-state index in [1.54, 1.807) is 0 Å². The summed E-state index contributed by atoms with van der Waals surface area (Å²) >= 11 is 0. The third-order valence-electron chi connectivity index (χ3n) is 2.53. The predicted molar refractivity (Wildman–Crippen MR) is 47.9 cm³/mol. The fourth-order valence-electron chi connectivity index (χ4n) is 2.08. The molecule has 3 heteroatoms. The maximum Gasteiger partial charge on any atom is 0.0587 e. The summed E-state index contributed by atoms with van der Waals surface area (Å²) in [6.07, 6.45) is 1.03. The van der Waals surface area contributed by atoms with Crippen molar-refractivity contribution in [2.75, 3.05) is 26.3 Å². The third kappa shape index (κ3) is 2.19. The summed E-state index contributed by atoms with van der Waals surface area (Å²) in [7, 11) is 0. The van der Waals surface area contributed by atoms with Gasteiger partial charge in [0.05, 0.1) is 13.2 Å². The van der Waals surface area contributed by atoms with Crippen molar-refractivity contribution in [3.05, 3.63) is 0 Å². The maximum atomic E-state index is 9.07. The van der Waals surface area contributed by atoms with E-state index in [1.165, 1.54) is 0 Å². The summed E-state index contributed by atoms with van der Waals surface area (Å²) in [5.41, 5.74) is 0.294. The highest BCUT2D eigenvalue weighted by atomic mass is 16.3. The van der Waals surface area contributed by atoms with E-state index in [2.05, 4.69) is 18.7 Å². The highest BCUT2D eigenvalue weighted by Gasteiger charge is 2.36. The van der Waals surface area contributed by atoms with Crippen molar-refractivity contribution in [2.24, 2.45) is 5.41 Å². The zero-order valence-corrected chi connectivity index (χ0v) is 7.95. The molecule has 1 aliphatic rings. The van der Waals surface area contributed by atoms with Gasteiger partial charge in [0, 0.05) is 19.1 Å². The van der Waals surface area contributed by atoms with Gasteiger partial charge >= 0.3 is 0 Å². The van der Waals surface area contributed by atoms with Crippen LogP contribution >= 0.6 is 0 Å². The first-order valence-electron chi connectivity index (χ1n) is 4.55. The Labute approximate surface area is 74.0 Å². The lowest BCUT2D eigenvalue weighted by Gasteiger charge is -2.21. The molecule has 0 aromatic rings. The van der Waals surface area contributed by atoms with Crippen molar-refractivity contribution in [3.8, 4) is 0 Å². The van der Waals surface area contributed by atoms with Crippen molar-refractivity contribution in [1.82, 2.24) is 4.90 Å². The molecule has 1 atom stereocenters. The zero-order valence-electron chi connectivity index (χ0n) is 7.95. The van der Waals surface area contributed by atoms with Crippen molar-refractivity contribution >= 4 is 0 Å². The Morgan fingerprint density at radius 1 is 1.42 bits per heavy atom. The van der Waals surface area contributed by atoms with E-state index in [9.17, 15) is 0 Å². The molecule has 1 saturated heterocycles. The van der Waals surface area contributed by atoms with E-state index < -0.39 is 0 Å². The average Bonchev–Trinajstić information content (AvgIpc) is 2.26. The number of aliphatic hydroxyl groups is 2. The van der Waals surface area contributed by atoms with E-state index >= 15 is 0 Å². The molecule has 12 heavy (non-hydrogen) atoms. The largest absolute Gasteiger partial charge is 0.395 e. The number of hydrogen-bond donors (Lipinski definition) is 2. The topological polar surface area (TPSA) is 43.7 Å². The van der Waals surface area contributed by atoms with Crippen LogP contribution < -0.4 is 0 Å². The molecule has 1 fully saturated rings. The first-order chi connectivity index (χ1) is 5.59. The van der Waals surface area contributed by atoms with Crippen molar-refractivity contribution in [3.63, 3.8) is 0 Å². The van der Waals surface area contributed by atoms with Gasteiger partial charge in [0.2, 0.25) is 0 Å². The van der Waals surface area contributed by atoms with Gasteiger partial charge in [-0.3, -0.25) is 4.90 Å². The number of likely N-dealkylation sites (tertiary alicyclic amines) is 1. The molecule has 1 aliphatic heterocycles. The van der Waals surface area contributed by atoms with Crippen LogP contribution in [0.2, 0.25) is 0 Å². The molecule has 0 saturated carbocycles. The summed E-state index contributed by atoms with van der Waals surface area (Å²) in [5, 5.41) is 17.9. The van der Waals surface area contributed by atoms with E-state index in [0.717, 1.165) is 13.0 Å². The monoisotopic (exact) mass is 173 g/mol. The van der Waals surface area contributed by atoms with Crippen molar-refractivity contribution < 1.29 is 10.2 Å². The predicted octanol–water partition coefficient (Wildman–Crippen LogP) is 0.0715. The Morgan fingerprint density at radius 3 is 2.58 bits per heavy atom. The van der Waals surface area contributed by atoms with Gasteiger partial charge in [-0.25, -0.2) is 0 Å². The maximum absolute atomic E-state index is 9.07. The van der Waals surface area contributed by atoms with Gasteiger partial charge in [0.1, 0.15) is 0 Å². The number of rotatable bonds is 3. The molecule has 0 aromatic carbocycles. The van der Waals surface area contributed by atoms with Crippen LogP contribution in [-0.4, -0.2) is 47.5 Å². The van der Waals surface area contributed by atoms with Gasteiger partial charge < -0.3 is 10.2 Å². The Bertz CT molecular complexity index is 147. The van der Waals surface area contributed by atoms with Crippen LogP contribution in [0.5, 0.6) is 0 Å². The number of β-amino-alcohol motifs (C(OH)–C–C–N with tert-alkyl or cyclic N) is 1. The first kappa shape index (κ1) is 9.96. The summed E-state index contributed by atoms with van der Waals surface area (Å²) in [6.45, 7) is 6.48. The zero-order chi connectivity index (χ0) is 9.19. The molecule has 3 nitrogen and oxygen atoms in total. The second-order valence-electron chi connectivity index (χ2n) is 4.40. The fourth-order valence-corrected chi connectivity index (χ4v) is 2.08. The Kier molecular flexibility index (Phi) is 3.09. The number of nitrogens with zero attached hydrogens (tertiary/aromatic N) is 1. The lowest BCUT2D eigenvalue weighted by atomic mass is 9.91. The van der Waals surface area contributed by atoms with Crippen LogP contribution in [0.15, 0.2) is 0 Å². The highest BCUT2D eigenvalue weighted by molar-refractivity contribution is 4.89. The Hall–Kier alpha value is -0.120. The summed E-state index contributed by atoms with van der Waals surface area (Å²) in [4.78, 5) is 2.17. The molecule has 1 rings (SSSR count). The highest BCUT2D eigenvalue weighted by Crippen LogP contribution is 2.33. The molecule has 0 radical (unpaired) electrons. The van der Waals surface area contributed by atoms with Crippen LogP contribution in [0.1, 0.15) is 20.3 Å². The van der Waals surface area contributed by atoms with Gasteiger partial charge in [-0.15, -0.1) is 0 Å². The third-order valence-corrected chi connectivity index (χ3v) is 2.53. The molecule has 0 aromatic heterocycles. The lowest BCUT2D eigenvalue weighted by molar-refractivity contribution is 0.133. The first-order valence-corrected chi connectivity index (χ1v) is 4.55. The second-order valence-corrected chi connectivity index (χ2v) is 4.40. The van der Waals surface area contributed by atoms with Crippen LogP contribution in [0.3, 0.4) is 0 Å². The molecule has 2 N–H and O–H groups in total. The average molecular weight is 173 g/mol. The SMILES string of the molecule is CC1(C)CC(CO)N(CCO)C1. The van der Waals surface area contributed by atoms with Crippen molar-refractivity contribution in [1.29, 1.82) is 0 Å². The molecule has 0 amide bonds. The van der Waals surface area contributed by atoms with E-state index in [4.69, 9.17) is 10.2 Å². The standard InChI is InChI=1S/C9H19NO2/c1-9(2)5-8(6-12)10(7-9)3-4-11/h8,11-12H,3-7H2,1-2H3. The molecule has 72 valence electrons. The molecule has 0 bridgehead atoms. The van der Waals surface area contributed by atoms with E-state index in [-0.39, 0.29) is 19.3 Å². The Morgan fingerprint density at radius 2 is 2.08 bits per heavy atom. The molecular weight excluding hydrogens is 154 g/mol. The van der Waals surface area contributed by atoms with Crippen LogP contribution in [0, 0.1) is 5.41 Å². The van der Waals surface area contributed by atoms with Crippen LogP contribution in [-0.2, 0) is 0 Å². The van der Waals surface area contributed by atoms with Gasteiger partial charge in [-0.1, -0.05) is 13.8 Å². The number of aliphatic hydroxyl groups excluding tert-OH is 2. The normalized spacial score (nSPS) is 29.5. The van der Waals surface area contributed by atoms with Crippen LogP contribution in [0.25, 0.3) is 0 Å². The van der Waals surface area contributed by atoms with Gasteiger partial charge in [0.15, 0.2) is 0 Å². The quantitative estimate of drug-likeness (QED) is 0.635. The minimum Gasteiger partial charge on any atom is -0.395 e. The van der Waals surface area contributed by atoms with E-state index in [1.807, 2.05) is 0 Å².